The van der Waals surface area contributed by atoms with Crippen molar-refractivity contribution < 1.29 is 19.4 Å². The van der Waals surface area contributed by atoms with Gasteiger partial charge in [-0.2, -0.15) is 0 Å². The van der Waals surface area contributed by atoms with Crippen LogP contribution in [0.3, 0.4) is 0 Å². The van der Waals surface area contributed by atoms with Crippen molar-refractivity contribution in [2.24, 2.45) is 0 Å². The third-order valence-corrected chi connectivity index (χ3v) is 1.63. The minimum atomic E-state index is -1.14. The van der Waals surface area contributed by atoms with Crippen molar-refractivity contribution in [3.8, 4) is 5.75 Å². The van der Waals surface area contributed by atoms with Gasteiger partial charge < -0.3 is 9.84 Å². The van der Waals surface area contributed by atoms with E-state index in [1.807, 2.05) is 0 Å². The number of para-hydroxylation sites is 1. The normalized spacial score (nSPS) is 10.9. The Bertz CT molecular complexity index is 392. The lowest BCUT2D eigenvalue weighted by Gasteiger charge is -2.00. The van der Waals surface area contributed by atoms with Gasteiger partial charge in [-0.1, -0.05) is 18.2 Å². The molecule has 0 spiro atoms. The standard InChI is InChI=1S/C11H10O4/c1-8(11(13)14)7-10(12)15-9-5-3-2-4-6-9/h2-7H,1H3,(H,13,14)/b8-7-. The average Bonchev–Trinajstić information content (AvgIpc) is 2.18. The maximum Gasteiger partial charge on any atom is 0.336 e. The zero-order chi connectivity index (χ0) is 11.3. The van der Waals surface area contributed by atoms with E-state index in [1.54, 1.807) is 30.3 Å². The minimum Gasteiger partial charge on any atom is -0.478 e. The summed E-state index contributed by atoms with van der Waals surface area (Å²) in [4.78, 5) is 21.6. The first-order valence-electron chi connectivity index (χ1n) is 4.28. The number of ether oxygens (including phenoxy) is 1. The summed E-state index contributed by atoms with van der Waals surface area (Å²) in [5.74, 6) is -1.45. The van der Waals surface area contributed by atoms with Crippen molar-refractivity contribution in [2.75, 3.05) is 0 Å². The van der Waals surface area contributed by atoms with Gasteiger partial charge in [-0.3, -0.25) is 0 Å². The van der Waals surface area contributed by atoms with Crippen LogP contribution in [0, 0.1) is 0 Å². The molecule has 0 unspecified atom stereocenters. The SMILES string of the molecule is C/C(=C/C(=O)Oc1ccccc1)C(=O)O. The molecule has 0 amide bonds. The van der Waals surface area contributed by atoms with E-state index >= 15 is 0 Å². The van der Waals surface area contributed by atoms with Crippen LogP contribution in [-0.4, -0.2) is 17.0 Å². The predicted octanol–water partition coefficient (Wildman–Crippen LogP) is 1.62. The molecular formula is C11H10O4. The van der Waals surface area contributed by atoms with E-state index in [9.17, 15) is 9.59 Å². The summed E-state index contributed by atoms with van der Waals surface area (Å²) >= 11 is 0. The van der Waals surface area contributed by atoms with Crippen LogP contribution >= 0.6 is 0 Å². The number of carbonyl (C=O) groups excluding carboxylic acids is 1. The second-order valence-electron chi connectivity index (χ2n) is 2.87. The Morgan fingerprint density at radius 1 is 1.27 bits per heavy atom. The molecule has 1 aromatic rings. The van der Waals surface area contributed by atoms with Crippen LogP contribution in [0.2, 0.25) is 0 Å². The zero-order valence-corrected chi connectivity index (χ0v) is 8.14. The Morgan fingerprint density at radius 3 is 2.40 bits per heavy atom. The molecule has 0 heterocycles. The highest BCUT2D eigenvalue weighted by Gasteiger charge is 2.05. The first kappa shape index (κ1) is 11.0. The molecule has 1 N–H and O–H groups in total. The average molecular weight is 206 g/mol. The summed E-state index contributed by atoms with van der Waals surface area (Å²) in [6.07, 6.45) is 0.940. The molecule has 0 aromatic heterocycles. The summed E-state index contributed by atoms with van der Waals surface area (Å²) in [7, 11) is 0. The number of hydrogen-bond acceptors (Lipinski definition) is 3. The van der Waals surface area contributed by atoms with Crippen LogP contribution in [0.1, 0.15) is 6.92 Å². The smallest absolute Gasteiger partial charge is 0.336 e. The largest absolute Gasteiger partial charge is 0.478 e. The van der Waals surface area contributed by atoms with E-state index in [0.29, 0.717) is 5.75 Å². The van der Waals surface area contributed by atoms with Gasteiger partial charge in [0.15, 0.2) is 0 Å². The second-order valence-corrected chi connectivity index (χ2v) is 2.87. The van der Waals surface area contributed by atoms with Gasteiger partial charge in [0.2, 0.25) is 0 Å². The maximum atomic E-state index is 11.2. The van der Waals surface area contributed by atoms with Crippen molar-refractivity contribution in [2.45, 2.75) is 6.92 Å². The van der Waals surface area contributed by atoms with Crippen molar-refractivity contribution in [3.05, 3.63) is 42.0 Å². The number of carboxylic acid groups (broad SMARTS) is 1. The molecule has 0 aliphatic heterocycles. The van der Waals surface area contributed by atoms with Crippen molar-refractivity contribution >= 4 is 11.9 Å². The molecule has 1 rings (SSSR count). The number of carboxylic acids is 1. The Kier molecular flexibility index (Phi) is 3.62. The predicted molar refractivity (Wildman–Crippen MR) is 53.5 cm³/mol. The first-order chi connectivity index (χ1) is 7.09. The van der Waals surface area contributed by atoms with Gasteiger partial charge in [-0.25, -0.2) is 9.59 Å². The number of rotatable bonds is 3. The lowest BCUT2D eigenvalue weighted by Crippen LogP contribution is -2.07. The molecular weight excluding hydrogens is 196 g/mol. The van der Waals surface area contributed by atoms with E-state index in [0.717, 1.165) is 6.08 Å². The van der Waals surface area contributed by atoms with Crippen LogP contribution in [-0.2, 0) is 9.59 Å². The molecule has 4 nitrogen and oxygen atoms in total. The molecule has 78 valence electrons. The Morgan fingerprint density at radius 2 is 1.87 bits per heavy atom. The van der Waals surface area contributed by atoms with Gasteiger partial charge in [-0.05, 0) is 19.1 Å². The molecule has 1 aromatic carbocycles. The molecule has 0 radical (unpaired) electrons. The van der Waals surface area contributed by atoms with Crippen molar-refractivity contribution in [1.82, 2.24) is 0 Å². The van der Waals surface area contributed by atoms with Gasteiger partial charge in [-0.15, -0.1) is 0 Å². The lowest BCUT2D eigenvalue weighted by molar-refractivity contribution is -0.134. The Balaban J connectivity index is 2.65. The fourth-order valence-corrected chi connectivity index (χ4v) is 0.873. The molecule has 0 aliphatic carbocycles. The number of aliphatic carboxylic acids is 1. The third-order valence-electron chi connectivity index (χ3n) is 1.63. The quantitative estimate of drug-likeness (QED) is 0.463. The topological polar surface area (TPSA) is 63.6 Å². The van der Waals surface area contributed by atoms with Crippen LogP contribution in [0.5, 0.6) is 5.75 Å². The minimum absolute atomic E-state index is 0.0593. The molecule has 0 saturated heterocycles. The van der Waals surface area contributed by atoms with Crippen LogP contribution < -0.4 is 4.74 Å². The summed E-state index contributed by atoms with van der Waals surface area (Å²) in [5.41, 5.74) is -0.0593. The highest BCUT2D eigenvalue weighted by Crippen LogP contribution is 2.09. The number of hydrogen-bond donors (Lipinski definition) is 1. The van der Waals surface area contributed by atoms with Crippen molar-refractivity contribution in [1.29, 1.82) is 0 Å². The van der Waals surface area contributed by atoms with E-state index < -0.39 is 11.9 Å². The molecule has 15 heavy (non-hydrogen) atoms. The highest BCUT2D eigenvalue weighted by atomic mass is 16.5. The third kappa shape index (κ3) is 3.64. The van der Waals surface area contributed by atoms with Crippen LogP contribution in [0.25, 0.3) is 0 Å². The first-order valence-corrected chi connectivity index (χ1v) is 4.28. The van der Waals surface area contributed by atoms with Crippen molar-refractivity contribution in [3.63, 3.8) is 0 Å². The molecule has 4 heteroatoms. The van der Waals surface area contributed by atoms with E-state index in [4.69, 9.17) is 9.84 Å². The monoisotopic (exact) mass is 206 g/mol. The van der Waals surface area contributed by atoms with E-state index in [1.165, 1.54) is 6.92 Å². The number of esters is 1. The molecule has 0 saturated carbocycles. The van der Waals surface area contributed by atoms with Gasteiger partial charge in [0.1, 0.15) is 5.75 Å². The van der Waals surface area contributed by atoms with Crippen LogP contribution in [0.15, 0.2) is 42.0 Å². The summed E-state index contributed by atoms with van der Waals surface area (Å²) in [6, 6.07) is 8.45. The molecule has 0 fully saturated rings. The van der Waals surface area contributed by atoms with Gasteiger partial charge in [0.05, 0.1) is 0 Å². The fraction of sp³-hybridized carbons (Fsp3) is 0.0909. The van der Waals surface area contributed by atoms with Gasteiger partial charge in [0, 0.05) is 11.6 Å². The zero-order valence-electron chi connectivity index (χ0n) is 8.14. The summed E-state index contributed by atoms with van der Waals surface area (Å²) < 4.78 is 4.86. The van der Waals surface area contributed by atoms with E-state index in [-0.39, 0.29) is 5.57 Å². The lowest BCUT2D eigenvalue weighted by atomic mass is 10.3. The molecule has 0 aliphatic rings. The molecule has 0 bridgehead atoms. The second kappa shape index (κ2) is 4.95. The Labute approximate surface area is 86.8 Å². The number of benzene rings is 1. The molecule has 0 atom stereocenters. The fourth-order valence-electron chi connectivity index (χ4n) is 0.873. The highest BCUT2D eigenvalue weighted by molar-refractivity contribution is 5.95. The number of carbonyl (C=O) groups is 2. The van der Waals surface area contributed by atoms with Gasteiger partial charge >= 0.3 is 11.9 Å². The van der Waals surface area contributed by atoms with Gasteiger partial charge in [0.25, 0.3) is 0 Å². The maximum absolute atomic E-state index is 11.2. The Hall–Kier alpha value is -2.10. The summed E-state index contributed by atoms with van der Waals surface area (Å²) in [6.45, 7) is 1.33. The van der Waals surface area contributed by atoms with Crippen LogP contribution in [0.4, 0.5) is 0 Å². The summed E-state index contributed by atoms with van der Waals surface area (Å²) in [5, 5.41) is 8.52. The van der Waals surface area contributed by atoms with E-state index in [2.05, 4.69) is 0 Å².